The van der Waals surface area contributed by atoms with Crippen LogP contribution < -0.4 is 11.3 Å². The summed E-state index contributed by atoms with van der Waals surface area (Å²) in [6, 6.07) is 22.4. The highest BCUT2D eigenvalue weighted by Gasteiger charge is 2.03. The molecule has 2 heterocycles. The first-order valence-corrected chi connectivity index (χ1v) is 8.08. The van der Waals surface area contributed by atoms with Crippen LogP contribution in [0.4, 0.5) is 0 Å². The highest BCUT2D eigenvalue weighted by Crippen LogP contribution is 2.26. The Morgan fingerprint density at radius 3 is 1.04 bits per heavy atom. The molecule has 0 aliphatic carbocycles. The normalized spacial score (nSPS) is 10.6. The van der Waals surface area contributed by atoms with E-state index in [0.717, 1.165) is 33.4 Å². The van der Waals surface area contributed by atoms with Gasteiger partial charge in [0.05, 0.1) is 12.5 Å². The molecule has 0 aliphatic rings. The fourth-order valence-corrected chi connectivity index (χ4v) is 2.84. The van der Waals surface area contributed by atoms with Gasteiger partial charge in [0.1, 0.15) is 0 Å². The van der Waals surface area contributed by atoms with Crippen molar-refractivity contribution in [2.24, 2.45) is 0 Å². The van der Waals surface area contributed by atoms with Crippen LogP contribution in [-0.2, 0) is 0 Å². The number of benzene rings is 2. The molecule has 0 saturated carbocycles. The Bertz CT molecular complexity index is 1050. The Hall–Kier alpha value is -3.66. The Balaban J connectivity index is 1.62. The van der Waals surface area contributed by atoms with Crippen LogP contribution in [0.2, 0.25) is 0 Å². The van der Waals surface area contributed by atoms with Crippen LogP contribution in [0.3, 0.4) is 0 Å². The molecule has 0 radical (unpaired) electrons. The number of hydrogen-bond donors (Lipinski definition) is 0. The Kier molecular flexibility index (Phi) is 4.07. The quantitative estimate of drug-likeness (QED) is 0.546. The van der Waals surface area contributed by atoms with E-state index in [4.69, 9.17) is 8.83 Å². The first kappa shape index (κ1) is 15.8. The zero-order valence-electron chi connectivity index (χ0n) is 13.7. The van der Waals surface area contributed by atoms with Crippen LogP contribution in [0.1, 0.15) is 0 Å². The fourth-order valence-electron chi connectivity index (χ4n) is 2.84. The van der Waals surface area contributed by atoms with Gasteiger partial charge in [0.2, 0.25) is 0 Å². The molecule has 2 aromatic heterocycles. The molecule has 4 rings (SSSR count). The van der Waals surface area contributed by atoms with E-state index in [9.17, 15) is 9.59 Å². The van der Waals surface area contributed by atoms with Gasteiger partial charge in [-0.3, -0.25) is 0 Å². The Labute approximate surface area is 149 Å². The minimum atomic E-state index is -0.364. The average Bonchev–Trinajstić information content (AvgIpc) is 2.68. The molecule has 4 aromatic rings. The zero-order valence-corrected chi connectivity index (χ0v) is 13.7. The molecule has 4 nitrogen and oxygen atoms in total. The second-order valence-electron chi connectivity index (χ2n) is 5.83. The first-order chi connectivity index (χ1) is 12.7. The minimum Gasteiger partial charge on any atom is -0.431 e. The molecular weight excluding hydrogens is 328 g/mol. The molecule has 0 N–H and O–H groups in total. The van der Waals surface area contributed by atoms with Crippen LogP contribution in [0.25, 0.3) is 33.4 Å². The monoisotopic (exact) mass is 342 g/mol. The van der Waals surface area contributed by atoms with Gasteiger partial charge in [-0.05, 0) is 45.5 Å². The molecule has 126 valence electrons. The maximum atomic E-state index is 11.3. The van der Waals surface area contributed by atoms with Gasteiger partial charge in [-0.25, -0.2) is 9.59 Å². The third kappa shape index (κ3) is 3.26. The molecule has 0 aliphatic heterocycles. The molecule has 0 saturated heterocycles. The molecule has 2 aromatic carbocycles. The van der Waals surface area contributed by atoms with Crippen molar-refractivity contribution in [1.29, 1.82) is 0 Å². The minimum absolute atomic E-state index is 0.364. The largest absolute Gasteiger partial charge is 0.431 e. The van der Waals surface area contributed by atoms with Crippen molar-refractivity contribution in [1.82, 2.24) is 0 Å². The lowest BCUT2D eigenvalue weighted by Gasteiger charge is -2.06. The summed E-state index contributed by atoms with van der Waals surface area (Å²) in [5.74, 6) is 0. The average molecular weight is 342 g/mol. The predicted octanol–water partition coefficient (Wildman–Crippen LogP) is 4.59. The topological polar surface area (TPSA) is 60.4 Å². The second kappa shape index (κ2) is 6.69. The van der Waals surface area contributed by atoms with Crippen LogP contribution in [0.5, 0.6) is 0 Å². The predicted molar refractivity (Wildman–Crippen MR) is 99.8 cm³/mol. The molecule has 0 fully saturated rings. The van der Waals surface area contributed by atoms with E-state index in [1.54, 1.807) is 12.1 Å². The highest BCUT2D eigenvalue weighted by atomic mass is 16.4. The SMILES string of the molecule is O=c1cc(-c2ccc(-c3ccc(-c4ccoc(=O)c4)cc3)cc2)cco1. The van der Waals surface area contributed by atoms with E-state index in [1.807, 2.05) is 48.5 Å². The van der Waals surface area contributed by atoms with Gasteiger partial charge >= 0.3 is 11.3 Å². The van der Waals surface area contributed by atoms with Crippen molar-refractivity contribution < 1.29 is 8.83 Å². The van der Waals surface area contributed by atoms with Gasteiger partial charge < -0.3 is 8.83 Å². The number of hydrogen-bond acceptors (Lipinski definition) is 4. The summed E-state index contributed by atoms with van der Waals surface area (Å²) in [6.07, 6.45) is 2.79. The van der Waals surface area contributed by atoms with Crippen molar-refractivity contribution in [3.63, 3.8) is 0 Å². The van der Waals surface area contributed by atoms with Gasteiger partial charge in [-0.15, -0.1) is 0 Å². The van der Waals surface area contributed by atoms with Gasteiger partial charge in [0.25, 0.3) is 0 Å². The maximum absolute atomic E-state index is 11.3. The van der Waals surface area contributed by atoms with Crippen molar-refractivity contribution in [3.05, 3.63) is 106 Å². The summed E-state index contributed by atoms with van der Waals surface area (Å²) in [5.41, 5.74) is 4.96. The summed E-state index contributed by atoms with van der Waals surface area (Å²) >= 11 is 0. The molecular formula is C22H14O4. The van der Waals surface area contributed by atoms with Crippen molar-refractivity contribution in [2.45, 2.75) is 0 Å². The molecule has 0 amide bonds. The maximum Gasteiger partial charge on any atom is 0.336 e. The van der Waals surface area contributed by atoms with Gasteiger partial charge in [-0.1, -0.05) is 48.5 Å². The van der Waals surface area contributed by atoms with E-state index in [-0.39, 0.29) is 11.3 Å². The molecule has 26 heavy (non-hydrogen) atoms. The van der Waals surface area contributed by atoms with E-state index in [1.165, 1.54) is 24.7 Å². The van der Waals surface area contributed by atoms with Gasteiger partial charge in [0.15, 0.2) is 0 Å². The first-order valence-electron chi connectivity index (χ1n) is 8.08. The summed E-state index contributed by atoms with van der Waals surface area (Å²) in [5, 5.41) is 0. The lowest BCUT2D eigenvalue weighted by atomic mass is 9.99. The van der Waals surface area contributed by atoms with Crippen LogP contribution >= 0.6 is 0 Å². The lowest BCUT2D eigenvalue weighted by Crippen LogP contribution is -1.95. The molecule has 0 unspecified atom stereocenters. The van der Waals surface area contributed by atoms with Crippen LogP contribution in [-0.4, -0.2) is 0 Å². The van der Waals surface area contributed by atoms with Crippen LogP contribution in [0.15, 0.2) is 104 Å². The van der Waals surface area contributed by atoms with E-state index in [2.05, 4.69) is 0 Å². The zero-order chi connectivity index (χ0) is 17.9. The second-order valence-corrected chi connectivity index (χ2v) is 5.83. The molecule has 4 heteroatoms. The third-order valence-electron chi connectivity index (χ3n) is 4.18. The number of rotatable bonds is 3. The van der Waals surface area contributed by atoms with Gasteiger partial charge in [-0.2, -0.15) is 0 Å². The van der Waals surface area contributed by atoms with Crippen LogP contribution in [0, 0.1) is 0 Å². The standard InChI is InChI=1S/C22H14O4/c23-21-13-19(9-11-25-21)17-5-1-15(2-6-17)16-3-7-18(8-4-16)20-10-12-26-22(24)14-20/h1-14H. The Morgan fingerprint density at radius 1 is 0.423 bits per heavy atom. The summed E-state index contributed by atoms with van der Waals surface area (Å²) in [6.45, 7) is 0. The van der Waals surface area contributed by atoms with Crippen molar-refractivity contribution in [2.75, 3.05) is 0 Å². The smallest absolute Gasteiger partial charge is 0.336 e. The lowest BCUT2D eigenvalue weighted by molar-refractivity contribution is 0.511. The molecule has 0 atom stereocenters. The molecule has 0 bridgehead atoms. The van der Waals surface area contributed by atoms with Crippen molar-refractivity contribution >= 4 is 0 Å². The van der Waals surface area contributed by atoms with E-state index < -0.39 is 0 Å². The molecule has 0 spiro atoms. The Morgan fingerprint density at radius 2 is 0.731 bits per heavy atom. The highest BCUT2D eigenvalue weighted by molar-refractivity contribution is 5.72. The van der Waals surface area contributed by atoms with Gasteiger partial charge in [0, 0.05) is 12.1 Å². The fraction of sp³-hybridized carbons (Fsp3) is 0. The summed E-state index contributed by atoms with van der Waals surface area (Å²) < 4.78 is 9.51. The van der Waals surface area contributed by atoms with E-state index >= 15 is 0 Å². The summed E-state index contributed by atoms with van der Waals surface area (Å²) in [7, 11) is 0. The summed E-state index contributed by atoms with van der Waals surface area (Å²) in [4.78, 5) is 22.7. The van der Waals surface area contributed by atoms with E-state index in [0.29, 0.717) is 0 Å². The third-order valence-corrected chi connectivity index (χ3v) is 4.18. The van der Waals surface area contributed by atoms with Crippen molar-refractivity contribution in [3.8, 4) is 33.4 Å².